The zero-order valence-electron chi connectivity index (χ0n) is 17.0. The van der Waals surface area contributed by atoms with Crippen molar-refractivity contribution in [3.05, 3.63) is 0 Å². The van der Waals surface area contributed by atoms with Crippen LogP contribution < -0.4 is 5.48 Å². The van der Waals surface area contributed by atoms with Crippen LogP contribution in [-0.4, -0.2) is 60.3 Å². The van der Waals surface area contributed by atoms with Crippen molar-refractivity contribution in [3.63, 3.8) is 0 Å². The molecule has 2 N–H and O–H groups in total. The average molecular weight is 374 g/mol. The third-order valence-electron chi connectivity index (χ3n) is 3.98. The number of nitrogens with zero attached hydrogens (tertiary/aromatic N) is 1. The lowest BCUT2D eigenvalue weighted by Crippen LogP contribution is -2.59. The number of carbonyl (C=O) groups excluding carboxylic acids is 3. The minimum absolute atomic E-state index is 0.0521. The van der Waals surface area contributed by atoms with E-state index in [0.29, 0.717) is 12.3 Å². The molecule has 0 radical (unpaired) electrons. The molecule has 0 aromatic heterocycles. The van der Waals surface area contributed by atoms with Gasteiger partial charge in [-0.15, -0.1) is 0 Å². The van der Waals surface area contributed by atoms with Crippen LogP contribution >= 0.6 is 0 Å². The number of rotatable bonds is 10. The number of methoxy groups -OCH3 is 1. The van der Waals surface area contributed by atoms with Crippen LogP contribution in [0.3, 0.4) is 0 Å². The second kappa shape index (κ2) is 11.1. The summed E-state index contributed by atoms with van der Waals surface area (Å²) in [7, 11) is 1.49. The summed E-state index contributed by atoms with van der Waals surface area (Å²) in [5, 5.41) is 8.98. The fraction of sp³-hybridized carbons (Fsp3) is 0.833. The van der Waals surface area contributed by atoms with Gasteiger partial charge < -0.3 is 14.4 Å². The molecule has 0 aromatic rings. The van der Waals surface area contributed by atoms with Crippen molar-refractivity contribution in [2.24, 2.45) is 11.3 Å². The predicted molar refractivity (Wildman–Crippen MR) is 96.4 cm³/mol. The molecule has 152 valence electrons. The van der Waals surface area contributed by atoms with Gasteiger partial charge in [-0.1, -0.05) is 34.6 Å². The van der Waals surface area contributed by atoms with E-state index in [4.69, 9.17) is 14.7 Å². The maximum absolute atomic E-state index is 12.9. The number of nitrogens with one attached hydrogen (secondary N) is 1. The Morgan fingerprint density at radius 1 is 1.12 bits per heavy atom. The maximum atomic E-state index is 12.9. The molecule has 8 heteroatoms. The first kappa shape index (κ1) is 24.3. The Balaban J connectivity index is 5.73. The lowest BCUT2D eigenvalue weighted by atomic mass is 9.84. The Morgan fingerprint density at radius 3 is 2.12 bits per heavy atom. The summed E-state index contributed by atoms with van der Waals surface area (Å²) >= 11 is 0. The molecule has 0 saturated heterocycles. The molecule has 2 amide bonds. The summed E-state index contributed by atoms with van der Waals surface area (Å²) in [4.78, 5) is 38.8. The van der Waals surface area contributed by atoms with Gasteiger partial charge in [0.15, 0.2) is 0 Å². The highest BCUT2D eigenvalue weighted by molar-refractivity contribution is 5.91. The van der Waals surface area contributed by atoms with Gasteiger partial charge in [0, 0.05) is 13.5 Å². The van der Waals surface area contributed by atoms with Gasteiger partial charge in [-0.25, -0.2) is 10.3 Å². The van der Waals surface area contributed by atoms with E-state index in [0.717, 1.165) is 0 Å². The summed E-state index contributed by atoms with van der Waals surface area (Å²) in [5.74, 6) is -1.41. The molecule has 26 heavy (non-hydrogen) atoms. The van der Waals surface area contributed by atoms with Gasteiger partial charge in [-0.3, -0.25) is 14.8 Å². The van der Waals surface area contributed by atoms with Crippen molar-refractivity contribution in [1.82, 2.24) is 10.4 Å². The lowest BCUT2D eigenvalue weighted by molar-refractivity contribution is -0.165. The SMILES string of the molecule is COCCOC(=O)[C@@H](N(C(=O)CCC(C)C)[C@@H](C)C(=O)NO)C(C)(C)C. The summed E-state index contributed by atoms with van der Waals surface area (Å²) < 4.78 is 10.1. The van der Waals surface area contributed by atoms with E-state index in [1.807, 2.05) is 13.8 Å². The normalized spacial score (nSPS) is 13.9. The van der Waals surface area contributed by atoms with Gasteiger partial charge >= 0.3 is 5.97 Å². The number of amides is 2. The molecule has 0 bridgehead atoms. The van der Waals surface area contributed by atoms with Gasteiger partial charge in [-0.05, 0) is 24.7 Å². The highest BCUT2D eigenvalue weighted by Gasteiger charge is 2.43. The Bertz CT molecular complexity index is 473. The van der Waals surface area contributed by atoms with Crippen molar-refractivity contribution in [3.8, 4) is 0 Å². The second-order valence-corrected chi connectivity index (χ2v) is 7.81. The van der Waals surface area contributed by atoms with E-state index in [2.05, 4.69) is 0 Å². The molecule has 0 aliphatic heterocycles. The van der Waals surface area contributed by atoms with Crippen molar-refractivity contribution >= 4 is 17.8 Å². The molecule has 0 aromatic carbocycles. The summed E-state index contributed by atoms with van der Waals surface area (Å²) in [6, 6.07) is -2.01. The van der Waals surface area contributed by atoms with Gasteiger partial charge in [0.1, 0.15) is 18.7 Å². The third-order valence-corrected chi connectivity index (χ3v) is 3.98. The zero-order chi connectivity index (χ0) is 20.5. The maximum Gasteiger partial charge on any atom is 0.329 e. The second-order valence-electron chi connectivity index (χ2n) is 7.81. The first-order valence-electron chi connectivity index (χ1n) is 8.88. The minimum Gasteiger partial charge on any atom is -0.462 e. The molecule has 0 fully saturated rings. The first-order chi connectivity index (χ1) is 12.0. The topological polar surface area (TPSA) is 105 Å². The van der Waals surface area contributed by atoms with Crippen LogP contribution in [0.5, 0.6) is 0 Å². The molecule has 0 heterocycles. The largest absolute Gasteiger partial charge is 0.462 e. The highest BCUT2D eigenvalue weighted by atomic mass is 16.6. The number of hydroxylamine groups is 1. The van der Waals surface area contributed by atoms with Crippen LogP contribution in [0.15, 0.2) is 0 Å². The molecule has 0 saturated carbocycles. The van der Waals surface area contributed by atoms with Gasteiger partial charge in [0.2, 0.25) is 5.91 Å². The Hall–Kier alpha value is -1.67. The molecule has 0 spiro atoms. The molecule has 2 atom stereocenters. The van der Waals surface area contributed by atoms with E-state index in [-0.39, 0.29) is 25.5 Å². The monoisotopic (exact) mass is 374 g/mol. The molecular weight excluding hydrogens is 340 g/mol. The van der Waals surface area contributed by atoms with Crippen LogP contribution in [0.2, 0.25) is 0 Å². The lowest BCUT2D eigenvalue weighted by Gasteiger charge is -2.41. The minimum atomic E-state index is -1.03. The molecule has 8 nitrogen and oxygen atoms in total. The molecule has 0 aliphatic carbocycles. The van der Waals surface area contributed by atoms with Crippen molar-refractivity contribution in [1.29, 1.82) is 0 Å². The zero-order valence-corrected chi connectivity index (χ0v) is 17.0. The summed E-state index contributed by atoms with van der Waals surface area (Å²) in [5.41, 5.74) is 0.879. The number of carbonyl (C=O) groups is 3. The van der Waals surface area contributed by atoms with Gasteiger partial charge in [0.25, 0.3) is 5.91 Å². The highest BCUT2D eigenvalue weighted by Crippen LogP contribution is 2.28. The predicted octanol–water partition coefficient (Wildman–Crippen LogP) is 1.75. The van der Waals surface area contributed by atoms with Gasteiger partial charge in [0.05, 0.1) is 6.61 Å². The Labute approximate surface area is 156 Å². The molecule has 0 rings (SSSR count). The van der Waals surface area contributed by atoms with E-state index in [1.165, 1.54) is 18.9 Å². The fourth-order valence-corrected chi connectivity index (χ4v) is 2.53. The van der Waals surface area contributed by atoms with Crippen molar-refractivity contribution in [2.45, 2.75) is 66.5 Å². The summed E-state index contributed by atoms with van der Waals surface area (Å²) in [6.07, 6.45) is 0.816. The van der Waals surface area contributed by atoms with Crippen molar-refractivity contribution < 1.29 is 29.1 Å². The first-order valence-corrected chi connectivity index (χ1v) is 8.88. The van der Waals surface area contributed by atoms with Crippen LogP contribution in [-0.2, 0) is 23.9 Å². The molecular formula is C18H34N2O6. The number of esters is 1. The van der Waals surface area contributed by atoms with E-state index < -0.39 is 29.4 Å². The van der Waals surface area contributed by atoms with E-state index in [9.17, 15) is 14.4 Å². The van der Waals surface area contributed by atoms with Crippen LogP contribution in [0.4, 0.5) is 0 Å². The third kappa shape index (κ3) is 7.70. The Morgan fingerprint density at radius 2 is 1.69 bits per heavy atom. The van der Waals surface area contributed by atoms with Crippen molar-refractivity contribution in [2.75, 3.05) is 20.3 Å². The van der Waals surface area contributed by atoms with Gasteiger partial charge in [-0.2, -0.15) is 0 Å². The molecule has 0 aliphatic rings. The number of hydrogen-bond acceptors (Lipinski definition) is 6. The van der Waals surface area contributed by atoms with Crippen LogP contribution in [0.25, 0.3) is 0 Å². The van der Waals surface area contributed by atoms with E-state index in [1.54, 1.807) is 26.3 Å². The summed E-state index contributed by atoms with van der Waals surface area (Å²) in [6.45, 7) is 11.1. The number of ether oxygens (including phenoxy) is 2. The van der Waals surface area contributed by atoms with E-state index >= 15 is 0 Å². The van der Waals surface area contributed by atoms with Crippen LogP contribution in [0, 0.1) is 11.3 Å². The smallest absolute Gasteiger partial charge is 0.329 e. The Kier molecular flexibility index (Phi) is 10.4. The molecule has 0 unspecified atom stereocenters. The van der Waals surface area contributed by atoms with Crippen LogP contribution in [0.1, 0.15) is 54.4 Å². The fourth-order valence-electron chi connectivity index (χ4n) is 2.53. The standard InChI is InChI=1S/C18H34N2O6/c1-12(2)8-9-14(21)20(13(3)16(22)19-24)15(18(4,5)6)17(23)26-11-10-25-7/h12-13,15,24H,8-11H2,1-7H3,(H,19,22)/t13-,15+/m0/s1. The average Bonchev–Trinajstić information content (AvgIpc) is 2.54. The number of hydrogen-bond donors (Lipinski definition) is 2. The quantitative estimate of drug-likeness (QED) is 0.261.